The van der Waals surface area contributed by atoms with E-state index >= 15 is 0 Å². The number of likely N-dealkylation sites (tertiary alicyclic amines) is 1. The van der Waals surface area contributed by atoms with Gasteiger partial charge in [0.15, 0.2) is 0 Å². The smallest absolute Gasteiger partial charge is 0.355 e. The zero-order valence-electron chi connectivity index (χ0n) is 38.9. The number of aliphatic hydroxyl groups is 1. The summed E-state index contributed by atoms with van der Waals surface area (Å²) in [7, 11) is 7.05. The number of hydrogen-bond donors (Lipinski definition) is 3. The molecule has 6 heterocycles. The first-order chi connectivity index (χ1) is 30.4. The van der Waals surface area contributed by atoms with Crippen molar-refractivity contribution in [3.63, 3.8) is 0 Å². The summed E-state index contributed by atoms with van der Waals surface area (Å²) in [6, 6.07) is 8.18. The molecule has 3 aromatic heterocycles. The van der Waals surface area contributed by atoms with Crippen LogP contribution in [-0.4, -0.2) is 142 Å². The van der Waals surface area contributed by atoms with Crippen molar-refractivity contribution in [3.05, 3.63) is 58.2 Å². The van der Waals surface area contributed by atoms with E-state index in [0.717, 1.165) is 57.6 Å². The van der Waals surface area contributed by atoms with E-state index in [1.54, 1.807) is 32.3 Å². The number of likely N-dealkylation sites (N-methyl/N-ethyl adjacent to an activating group) is 3. The summed E-state index contributed by atoms with van der Waals surface area (Å²) < 4.78 is 14.0. The predicted molar refractivity (Wildman–Crippen MR) is 246 cm³/mol. The number of amides is 4. The minimum atomic E-state index is -2.20. The van der Waals surface area contributed by atoms with Crippen molar-refractivity contribution in [2.75, 3.05) is 54.5 Å². The van der Waals surface area contributed by atoms with Crippen LogP contribution in [0.25, 0.3) is 33.4 Å². The van der Waals surface area contributed by atoms with Crippen molar-refractivity contribution in [2.24, 2.45) is 11.3 Å². The number of pyridine rings is 1. The number of hydrazine groups is 1. The third-order valence-corrected chi connectivity index (χ3v) is 14.0. The number of aromatic nitrogens is 3. The number of ether oxygens (including phenoxy) is 2. The quantitative estimate of drug-likeness (QED) is 0.178. The molecule has 4 amide bonds. The van der Waals surface area contributed by atoms with Crippen LogP contribution in [-0.2, 0) is 43.2 Å². The maximum atomic E-state index is 14.6. The number of rotatable bonds is 10. The van der Waals surface area contributed by atoms with Gasteiger partial charge < -0.3 is 39.2 Å². The normalized spacial score (nSPS) is 22.7. The minimum Gasteiger partial charge on any atom is -0.462 e. The van der Waals surface area contributed by atoms with Crippen LogP contribution in [0.5, 0.6) is 0 Å². The van der Waals surface area contributed by atoms with Crippen molar-refractivity contribution in [1.82, 2.24) is 45.0 Å². The van der Waals surface area contributed by atoms with Gasteiger partial charge in [-0.1, -0.05) is 33.8 Å². The molecular weight excluding hydrogens is 835 g/mol. The molecule has 0 saturated carbocycles. The van der Waals surface area contributed by atoms with Crippen molar-refractivity contribution >= 4 is 46.1 Å². The number of esters is 1. The fraction of sp³-hybridized carbons (Fsp3) is 0.574. The predicted octanol–water partition coefficient (Wildman–Crippen LogP) is 5.23. The second-order valence-corrected chi connectivity index (χ2v) is 19.8. The maximum absolute atomic E-state index is 14.6. The van der Waals surface area contributed by atoms with Gasteiger partial charge in [0.2, 0.25) is 11.6 Å². The number of nitrogens with zero attached hydrogens (tertiary/aromatic N) is 7. The summed E-state index contributed by atoms with van der Waals surface area (Å²) in [6.45, 7) is 14.2. The van der Waals surface area contributed by atoms with Gasteiger partial charge in [-0.15, -0.1) is 11.3 Å². The lowest BCUT2D eigenvalue weighted by Crippen LogP contribution is -2.67. The van der Waals surface area contributed by atoms with Crippen molar-refractivity contribution in [3.8, 4) is 22.5 Å². The number of urea groups is 1. The van der Waals surface area contributed by atoms with Crippen LogP contribution in [0, 0.1) is 11.3 Å². The molecule has 0 unspecified atom stereocenters. The third-order valence-electron chi connectivity index (χ3n) is 13.1. The molecular formula is C47H65N9O7S. The van der Waals surface area contributed by atoms with Gasteiger partial charge in [0.05, 0.1) is 34.8 Å². The number of carbonyl (C=O) groups is 4. The van der Waals surface area contributed by atoms with Gasteiger partial charge in [-0.3, -0.25) is 19.6 Å². The van der Waals surface area contributed by atoms with Crippen LogP contribution >= 0.6 is 11.3 Å². The molecule has 2 saturated heterocycles. The standard InChI is InChI=1S/C47H65N9O7S/c1-11-55-37-16-15-30-22-33(37)34(41(55)32-14-12-19-48-39(32)29(4)62-10)24-46(5,6)27-63-44(59)47(61)18-13-20-56(51-47)43(58)35(23-38-49-36(30)26-64-38)50-42(57)40(28(2)3)54(9)45(60)53(8)25-31-17-21-52(31)7/h12,14-16,19,22,26,28-29,31,35,40,51,61H,11,13,17-18,20-21,23-25,27H2,1-10H3,(H,50,57)/t29-,31+,35-,40-,47-/m0/s1. The zero-order chi connectivity index (χ0) is 46.2. The van der Waals surface area contributed by atoms with Crippen molar-refractivity contribution in [2.45, 2.75) is 110 Å². The summed E-state index contributed by atoms with van der Waals surface area (Å²) in [5, 5.41) is 19.6. The summed E-state index contributed by atoms with van der Waals surface area (Å²) in [5.41, 5.74) is 6.38. The molecule has 3 aliphatic heterocycles. The van der Waals surface area contributed by atoms with Gasteiger partial charge in [0.1, 0.15) is 12.1 Å². The Kier molecular flexibility index (Phi) is 13.9. The van der Waals surface area contributed by atoms with Crippen LogP contribution in [0.1, 0.15) is 83.2 Å². The zero-order valence-corrected chi connectivity index (χ0v) is 39.8. The highest BCUT2D eigenvalue weighted by atomic mass is 32.1. The summed E-state index contributed by atoms with van der Waals surface area (Å²) >= 11 is 1.38. The highest BCUT2D eigenvalue weighted by Gasteiger charge is 2.46. The number of aryl methyl sites for hydroxylation is 1. The van der Waals surface area contributed by atoms with Crippen molar-refractivity contribution in [1.29, 1.82) is 0 Å². The van der Waals surface area contributed by atoms with Gasteiger partial charge in [-0.2, -0.15) is 5.43 Å². The van der Waals surface area contributed by atoms with Gasteiger partial charge in [-0.25, -0.2) is 14.6 Å². The Morgan fingerprint density at radius 2 is 1.92 bits per heavy atom. The molecule has 0 radical (unpaired) electrons. The second kappa shape index (κ2) is 18.9. The average molecular weight is 900 g/mol. The monoisotopic (exact) mass is 899 g/mol. The Hall–Kier alpha value is -4.94. The van der Waals surface area contributed by atoms with Crippen LogP contribution < -0.4 is 10.7 Å². The molecule has 0 aliphatic carbocycles. The Morgan fingerprint density at radius 1 is 1.16 bits per heavy atom. The third kappa shape index (κ3) is 9.41. The molecule has 6 bridgehead atoms. The minimum absolute atomic E-state index is 0.00772. The van der Waals surface area contributed by atoms with E-state index in [2.05, 4.69) is 51.4 Å². The fourth-order valence-electron chi connectivity index (χ4n) is 9.37. The van der Waals surface area contributed by atoms with E-state index in [4.69, 9.17) is 19.4 Å². The van der Waals surface area contributed by atoms with Gasteiger partial charge in [-0.05, 0) is 82.4 Å². The molecule has 16 nitrogen and oxygen atoms in total. The fourth-order valence-corrected chi connectivity index (χ4v) is 10.2. The number of carbonyl (C=O) groups excluding carboxylic acids is 4. The van der Waals surface area contributed by atoms with Crippen molar-refractivity contribution < 1.29 is 33.8 Å². The highest BCUT2D eigenvalue weighted by Crippen LogP contribution is 2.42. The van der Waals surface area contributed by atoms with E-state index in [-0.39, 0.29) is 56.5 Å². The van der Waals surface area contributed by atoms with E-state index < -0.39 is 41.0 Å². The van der Waals surface area contributed by atoms with E-state index in [0.29, 0.717) is 24.5 Å². The number of benzene rings is 1. The number of thiazole rings is 1. The molecule has 7 rings (SSSR count). The van der Waals surface area contributed by atoms with Crippen LogP contribution in [0.15, 0.2) is 41.9 Å². The number of nitrogens with one attached hydrogen (secondary N) is 2. The molecule has 346 valence electrons. The van der Waals surface area contributed by atoms with Crippen LogP contribution in [0.4, 0.5) is 4.79 Å². The molecule has 3 N–H and O–H groups in total. The Balaban J connectivity index is 1.29. The Bertz CT molecular complexity index is 2380. The SMILES string of the molecule is CCn1c(-c2cccnc2[C@H](C)OC)c2c3cc(ccc31)-c1csc(n1)C[C@H](NC(=O)[C@H](C(C)C)N(C)C(=O)N(C)C[C@H]1CCN1C)C(=O)N1CCC[C@@](O)(N1)C(=O)OCC(C)(C)C2. The molecule has 17 heteroatoms. The molecule has 3 aliphatic rings. The summed E-state index contributed by atoms with van der Waals surface area (Å²) in [4.78, 5) is 71.8. The maximum Gasteiger partial charge on any atom is 0.355 e. The Labute approximate surface area is 380 Å². The second-order valence-electron chi connectivity index (χ2n) is 18.9. The van der Waals surface area contributed by atoms with Crippen LogP contribution in [0.2, 0.25) is 0 Å². The largest absolute Gasteiger partial charge is 0.462 e. The first-order valence-electron chi connectivity index (χ1n) is 22.4. The van der Waals surface area contributed by atoms with Crippen LogP contribution in [0.3, 0.4) is 0 Å². The lowest BCUT2D eigenvalue weighted by molar-refractivity contribution is -0.189. The number of fused-ring (bicyclic) bond motifs is 6. The first kappa shape index (κ1) is 47.0. The molecule has 0 spiro atoms. The molecule has 4 aromatic rings. The molecule has 2 fully saturated rings. The topological polar surface area (TPSA) is 175 Å². The Morgan fingerprint density at radius 3 is 2.59 bits per heavy atom. The number of hydrogen-bond acceptors (Lipinski definition) is 12. The molecule has 1 aromatic carbocycles. The lowest BCUT2D eigenvalue weighted by atomic mass is 9.84. The summed E-state index contributed by atoms with van der Waals surface area (Å²) in [5.74, 6) is -2.26. The lowest BCUT2D eigenvalue weighted by Gasteiger charge is -2.42. The van der Waals surface area contributed by atoms with E-state index in [1.807, 2.05) is 53.1 Å². The van der Waals surface area contributed by atoms with E-state index in [1.165, 1.54) is 21.2 Å². The van der Waals surface area contributed by atoms with Gasteiger partial charge in [0, 0.05) is 98.7 Å². The number of methoxy groups -OCH3 is 1. The first-order valence-corrected chi connectivity index (χ1v) is 23.3. The van der Waals surface area contributed by atoms with Gasteiger partial charge in [0.25, 0.3) is 5.91 Å². The average Bonchev–Trinajstić information content (AvgIpc) is 3.86. The van der Waals surface area contributed by atoms with E-state index in [9.17, 15) is 24.3 Å². The molecule has 5 atom stereocenters. The number of cyclic esters (lactones) is 1. The van der Waals surface area contributed by atoms with Gasteiger partial charge >= 0.3 is 12.0 Å². The highest BCUT2D eigenvalue weighted by molar-refractivity contribution is 7.10. The summed E-state index contributed by atoms with van der Waals surface area (Å²) in [6.07, 6.45) is 3.31. The molecule has 64 heavy (non-hydrogen) atoms.